The van der Waals surface area contributed by atoms with Crippen LogP contribution in [0, 0.1) is 5.92 Å². The molecule has 27 heavy (non-hydrogen) atoms. The van der Waals surface area contributed by atoms with Gasteiger partial charge in [0.15, 0.2) is 0 Å². The molecule has 3 heterocycles. The van der Waals surface area contributed by atoms with Crippen molar-refractivity contribution in [2.75, 3.05) is 0 Å². The average molecular weight is 364 g/mol. The third kappa shape index (κ3) is 2.69. The Balaban J connectivity index is 1.42. The Bertz CT molecular complexity index is 1090. The molecule has 0 saturated heterocycles. The molecule has 1 aliphatic carbocycles. The fourth-order valence-corrected chi connectivity index (χ4v) is 3.45. The van der Waals surface area contributed by atoms with Gasteiger partial charge in [0.2, 0.25) is 11.8 Å². The van der Waals surface area contributed by atoms with Gasteiger partial charge in [0.25, 0.3) is 0 Å². The van der Waals surface area contributed by atoms with E-state index < -0.39 is 6.09 Å². The van der Waals surface area contributed by atoms with E-state index in [1.807, 2.05) is 0 Å². The molecule has 1 N–H and O–H groups in total. The Hall–Kier alpha value is -3.42. The maximum atomic E-state index is 12.3. The fraction of sp³-hybridized carbons (Fsp3) is 0.263. The largest absolute Gasteiger partial charge is 0.464 e. The molecule has 1 aliphatic heterocycles. The van der Waals surface area contributed by atoms with Crippen LogP contribution in [0.25, 0.3) is 10.9 Å². The van der Waals surface area contributed by atoms with Crippen molar-refractivity contribution < 1.29 is 19.4 Å². The number of carbonyl (C=O) groups excluding carboxylic acids is 1. The van der Waals surface area contributed by atoms with Gasteiger partial charge in [-0.05, 0) is 37.1 Å². The van der Waals surface area contributed by atoms with Gasteiger partial charge in [0.05, 0.1) is 29.9 Å². The Kier molecular flexibility index (Phi) is 3.40. The van der Waals surface area contributed by atoms with Crippen molar-refractivity contribution in [3.63, 3.8) is 0 Å². The lowest BCUT2D eigenvalue weighted by Gasteiger charge is -2.14. The summed E-state index contributed by atoms with van der Waals surface area (Å²) in [5, 5.41) is 9.93. The quantitative estimate of drug-likeness (QED) is 0.767. The number of ether oxygens (including phenoxy) is 1. The van der Waals surface area contributed by atoms with Crippen molar-refractivity contribution in [3.8, 4) is 11.6 Å². The van der Waals surface area contributed by atoms with Crippen LogP contribution in [0.3, 0.4) is 0 Å². The summed E-state index contributed by atoms with van der Waals surface area (Å²) in [5.41, 5.74) is 2.23. The van der Waals surface area contributed by atoms with Gasteiger partial charge in [-0.2, -0.15) is 0 Å². The lowest BCUT2D eigenvalue weighted by molar-refractivity contribution is -0.133. The zero-order valence-corrected chi connectivity index (χ0v) is 14.3. The Morgan fingerprint density at radius 3 is 2.78 bits per heavy atom. The van der Waals surface area contributed by atoms with Gasteiger partial charge in [0.1, 0.15) is 12.1 Å². The normalized spacial score (nSPS) is 15.8. The third-order valence-electron chi connectivity index (χ3n) is 5.01. The van der Waals surface area contributed by atoms with Gasteiger partial charge in [-0.25, -0.2) is 14.8 Å². The zero-order chi connectivity index (χ0) is 18.5. The van der Waals surface area contributed by atoms with Gasteiger partial charge in [-0.1, -0.05) is 0 Å². The SMILES string of the molecule is O=C(C1CC1)N1Cc2ncnc(Oc3ccc4c(ccn4C(=O)O)c3)c2C1. The minimum absolute atomic E-state index is 0.164. The molecule has 0 bridgehead atoms. The molecule has 0 radical (unpaired) electrons. The molecule has 0 unspecified atom stereocenters. The average Bonchev–Trinajstić information content (AvgIpc) is 3.26. The van der Waals surface area contributed by atoms with E-state index in [2.05, 4.69) is 9.97 Å². The van der Waals surface area contributed by atoms with Crippen LogP contribution in [0.15, 0.2) is 36.8 Å². The van der Waals surface area contributed by atoms with Gasteiger partial charge in [-0.3, -0.25) is 9.36 Å². The van der Waals surface area contributed by atoms with Crippen molar-refractivity contribution in [3.05, 3.63) is 48.0 Å². The van der Waals surface area contributed by atoms with E-state index in [9.17, 15) is 14.7 Å². The number of nitrogens with zero attached hydrogens (tertiary/aromatic N) is 4. The number of benzene rings is 1. The van der Waals surface area contributed by atoms with Crippen LogP contribution in [0.1, 0.15) is 24.1 Å². The predicted molar refractivity (Wildman–Crippen MR) is 94.4 cm³/mol. The molecule has 1 amide bonds. The van der Waals surface area contributed by atoms with Crippen LogP contribution < -0.4 is 4.74 Å². The molecule has 136 valence electrons. The second kappa shape index (κ2) is 5.80. The molecule has 8 heteroatoms. The first-order valence-corrected chi connectivity index (χ1v) is 8.74. The molecular weight excluding hydrogens is 348 g/mol. The zero-order valence-electron chi connectivity index (χ0n) is 14.3. The molecule has 0 spiro atoms. The molecular formula is C19H16N4O4. The van der Waals surface area contributed by atoms with Crippen LogP contribution in [-0.2, 0) is 17.9 Å². The van der Waals surface area contributed by atoms with Gasteiger partial charge in [0, 0.05) is 17.5 Å². The first kappa shape index (κ1) is 15.8. The highest BCUT2D eigenvalue weighted by Gasteiger charge is 2.37. The number of fused-ring (bicyclic) bond motifs is 2. The van der Waals surface area contributed by atoms with Crippen molar-refractivity contribution in [1.29, 1.82) is 0 Å². The Labute approximate surface area is 154 Å². The minimum atomic E-state index is -1.03. The number of carbonyl (C=O) groups is 2. The van der Waals surface area contributed by atoms with Crippen molar-refractivity contribution >= 4 is 22.9 Å². The maximum Gasteiger partial charge on any atom is 0.415 e. The van der Waals surface area contributed by atoms with Crippen LogP contribution in [0.5, 0.6) is 11.6 Å². The first-order chi connectivity index (χ1) is 13.1. The number of rotatable bonds is 3. The molecule has 0 atom stereocenters. The third-order valence-corrected chi connectivity index (χ3v) is 5.01. The van der Waals surface area contributed by atoms with Crippen LogP contribution >= 0.6 is 0 Å². The van der Waals surface area contributed by atoms with Gasteiger partial charge in [-0.15, -0.1) is 0 Å². The molecule has 8 nitrogen and oxygen atoms in total. The van der Waals surface area contributed by atoms with E-state index in [1.54, 1.807) is 29.2 Å². The molecule has 1 aromatic carbocycles. The number of hydrogen-bond acceptors (Lipinski definition) is 5. The van der Waals surface area contributed by atoms with E-state index in [1.165, 1.54) is 12.5 Å². The molecule has 2 aliphatic rings. The summed E-state index contributed by atoms with van der Waals surface area (Å²) in [7, 11) is 0. The summed E-state index contributed by atoms with van der Waals surface area (Å²) in [6, 6.07) is 6.89. The van der Waals surface area contributed by atoms with Gasteiger partial charge < -0.3 is 14.7 Å². The second-order valence-electron chi connectivity index (χ2n) is 6.86. The van der Waals surface area contributed by atoms with E-state index in [-0.39, 0.29) is 11.8 Å². The topological polar surface area (TPSA) is 97.6 Å². The summed E-state index contributed by atoms with van der Waals surface area (Å²) in [4.78, 5) is 33.9. The Morgan fingerprint density at radius 2 is 2.00 bits per heavy atom. The monoisotopic (exact) mass is 364 g/mol. The standard InChI is InChI=1S/C19H16N4O4/c24-18(11-1-2-11)22-8-14-15(9-22)20-10-21-17(14)27-13-3-4-16-12(7-13)5-6-23(16)19(25)26/h3-7,10-11H,1-2,8-9H2,(H,25,26). The smallest absolute Gasteiger partial charge is 0.415 e. The Morgan fingerprint density at radius 1 is 1.15 bits per heavy atom. The van der Waals surface area contributed by atoms with Crippen LogP contribution in [0.4, 0.5) is 4.79 Å². The number of hydrogen-bond donors (Lipinski definition) is 1. The summed E-state index contributed by atoms with van der Waals surface area (Å²) in [6.45, 7) is 0.947. The number of aromatic nitrogens is 3. The molecule has 3 aromatic rings. The lowest BCUT2D eigenvalue weighted by atomic mass is 10.2. The van der Waals surface area contributed by atoms with Gasteiger partial charge >= 0.3 is 6.09 Å². The minimum Gasteiger partial charge on any atom is -0.464 e. The van der Waals surface area contributed by atoms with Crippen molar-refractivity contribution in [1.82, 2.24) is 19.4 Å². The lowest BCUT2D eigenvalue weighted by Crippen LogP contribution is -2.26. The van der Waals surface area contributed by atoms with Crippen LogP contribution in [0.2, 0.25) is 0 Å². The summed E-state index contributed by atoms with van der Waals surface area (Å²) >= 11 is 0. The highest BCUT2D eigenvalue weighted by Crippen LogP contribution is 2.36. The predicted octanol–water partition coefficient (Wildman–Crippen LogP) is 3.00. The highest BCUT2D eigenvalue weighted by atomic mass is 16.5. The number of amides is 1. The van der Waals surface area contributed by atoms with E-state index in [4.69, 9.17) is 4.74 Å². The molecule has 5 rings (SSSR count). The molecule has 1 fully saturated rings. The van der Waals surface area contributed by atoms with Crippen LogP contribution in [-0.4, -0.2) is 36.5 Å². The summed E-state index contributed by atoms with van der Waals surface area (Å²) < 4.78 is 7.11. The summed E-state index contributed by atoms with van der Waals surface area (Å²) in [6.07, 6.45) is 3.85. The van der Waals surface area contributed by atoms with E-state index in [0.29, 0.717) is 30.2 Å². The molecule has 2 aromatic heterocycles. The van der Waals surface area contributed by atoms with E-state index in [0.717, 1.165) is 34.1 Å². The second-order valence-corrected chi connectivity index (χ2v) is 6.86. The summed E-state index contributed by atoms with van der Waals surface area (Å²) in [5.74, 6) is 1.33. The van der Waals surface area contributed by atoms with E-state index >= 15 is 0 Å². The highest BCUT2D eigenvalue weighted by molar-refractivity contribution is 5.89. The first-order valence-electron chi connectivity index (χ1n) is 8.74. The van der Waals surface area contributed by atoms with Crippen molar-refractivity contribution in [2.45, 2.75) is 25.9 Å². The van der Waals surface area contributed by atoms with Crippen molar-refractivity contribution in [2.24, 2.45) is 5.92 Å². The molecule has 1 saturated carbocycles. The number of carboxylic acid groups (broad SMARTS) is 1. The fourth-order valence-electron chi connectivity index (χ4n) is 3.45. The maximum absolute atomic E-state index is 12.3.